The monoisotopic (exact) mass is 505 g/mol. The molecule has 36 heavy (non-hydrogen) atoms. The minimum Gasteiger partial charge on any atom is -0.378 e. The van der Waals surface area contributed by atoms with Gasteiger partial charge in [-0.15, -0.1) is 11.3 Å². The van der Waals surface area contributed by atoms with Gasteiger partial charge in [0.05, 0.1) is 46.6 Å². The predicted octanol–water partition coefficient (Wildman–Crippen LogP) is 2.42. The number of hydrogen-bond donors (Lipinski definition) is 1. The van der Waals surface area contributed by atoms with Gasteiger partial charge in [-0.2, -0.15) is 5.10 Å². The van der Waals surface area contributed by atoms with E-state index in [-0.39, 0.29) is 11.7 Å². The first-order chi connectivity index (χ1) is 17.6. The highest BCUT2D eigenvalue weighted by molar-refractivity contribution is 7.21. The molecule has 2 saturated heterocycles. The average molecular weight is 506 g/mol. The third-order valence-electron chi connectivity index (χ3n) is 6.71. The van der Waals surface area contributed by atoms with Crippen LogP contribution in [-0.2, 0) is 9.53 Å². The molecule has 5 heterocycles. The largest absolute Gasteiger partial charge is 0.378 e. The Labute approximate surface area is 211 Å². The van der Waals surface area contributed by atoms with Crippen LogP contribution in [0, 0.1) is 0 Å². The number of ketones is 1. The quantitative estimate of drug-likeness (QED) is 0.441. The van der Waals surface area contributed by atoms with E-state index < -0.39 is 0 Å². The van der Waals surface area contributed by atoms with Gasteiger partial charge in [0.2, 0.25) is 0 Å². The van der Waals surface area contributed by atoms with Crippen molar-refractivity contribution in [3.05, 3.63) is 35.3 Å². The summed E-state index contributed by atoms with van der Waals surface area (Å²) in [5.41, 5.74) is 2.60. The van der Waals surface area contributed by atoms with Crippen LogP contribution in [0.2, 0.25) is 0 Å². The van der Waals surface area contributed by atoms with Crippen LogP contribution < -0.4 is 4.90 Å². The predicted molar refractivity (Wildman–Crippen MR) is 139 cm³/mol. The number of carbonyl (C=O) groups excluding carboxylic acids is 2. The van der Waals surface area contributed by atoms with Gasteiger partial charge in [0.1, 0.15) is 5.78 Å². The fourth-order valence-electron chi connectivity index (χ4n) is 4.87. The fourth-order valence-corrected chi connectivity index (χ4v) is 5.96. The number of aromatic amines is 1. The summed E-state index contributed by atoms with van der Waals surface area (Å²) in [6.07, 6.45) is 1.79. The van der Waals surface area contributed by atoms with Gasteiger partial charge in [-0.3, -0.25) is 19.6 Å². The number of nitrogens with zero attached hydrogens (tertiary/aromatic N) is 6. The lowest BCUT2D eigenvalue weighted by molar-refractivity contribution is -0.118. The number of nitrogens with one attached hydrogen (secondary N) is 1. The average Bonchev–Trinajstić information content (AvgIpc) is 3.55. The molecule has 3 aromatic heterocycles. The van der Waals surface area contributed by atoms with Crippen molar-refractivity contribution < 1.29 is 14.3 Å². The lowest BCUT2D eigenvalue weighted by Crippen LogP contribution is -2.49. The second-order valence-electron chi connectivity index (χ2n) is 9.20. The molecule has 6 rings (SSSR count). The summed E-state index contributed by atoms with van der Waals surface area (Å²) in [5.74, 6) is 1.61. The normalized spacial score (nSPS) is 17.2. The highest BCUT2D eigenvalue weighted by atomic mass is 32.1. The molecule has 10 nitrogen and oxygen atoms in total. The van der Waals surface area contributed by atoms with Crippen molar-refractivity contribution >= 4 is 50.0 Å². The van der Waals surface area contributed by atoms with Crippen molar-refractivity contribution in [1.29, 1.82) is 0 Å². The Morgan fingerprint density at radius 3 is 2.67 bits per heavy atom. The zero-order chi connectivity index (χ0) is 24.6. The summed E-state index contributed by atoms with van der Waals surface area (Å²) < 4.78 is 6.49. The topological polar surface area (TPSA) is 108 Å². The molecule has 0 radical (unpaired) electrons. The summed E-state index contributed by atoms with van der Waals surface area (Å²) >= 11 is 1.46. The molecule has 0 bridgehead atoms. The van der Waals surface area contributed by atoms with E-state index in [2.05, 4.69) is 20.0 Å². The van der Waals surface area contributed by atoms with E-state index in [1.165, 1.54) is 11.3 Å². The van der Waals surface area contributed by atoms with Crippen LogP contribution in [0.4, 0.5) is 5.82 Å². The summed E-state index contributed by atoms with van der Waals surface area (Å²) in [6, 6.07) is 7.84. The number of piperazine rings is 1. The lowest BCUT2D eigenvalue weighted by atomic mass is 10.1. The molecule has 0 atom stereocenters. The lowest BCUT2D eigenvalue weighted by Gasteiger charge is -2.33. The molecule has 1 aromatic carbocycles. The maximum absolute atomic E-state index is 13.4. The van der Waals surface area contributed by atoms with E-state index >= 15 is 0 Å². The van der Waals surface area contributed by atoms with Crippen LogP contribution in [0.15, 0.2) is 30.5 Å². The zero-order valence-corrected chi connectivity index (χ0v) is 20.9. The number of amides is 1. The van der Waals surface area contributed by atoms with Crippen LogP contribution in [0.5, 0.6) is 0 Å². The number of aromatic nitrogens is 4. The molecule has 0 aliphatic carbocycles. The molecule has 2 fully saturated rings. The third kappa shape index (κ3) is 4.34. The van der Waals surface area contributed by atoms with E-state index in [9.17, 15) is 9.59 Å². The third-order valence-corrected chi connectivity index (χ3v) is 7.81. The fraction of sp³-hybridized carbons (Fsp3) is 0.400. The molecular weight excluding hydrogens is 478 g/mol. The van der Waals surface area contributed by atoms with Gasteiger partial charge in [-0.1, -0.05) is 12.1 Å². The van der Waals surface area contributed by atoms with Gasteiger partial charge in [0.25, 0.3) is 5.91 Å². The number of ether oxygens (including phenoxy) is 1. The number of H-pyrrole nitrogens is 1. The van der Waals surface area contributed by atoms with Gasteiger partial charge in [-0.25, -0.2) is 9.97 Å². The summed E-state index contributed by atoms with van der Waals surface area (Å²) in [4.78, 5) is 41.7. The molecule has 0 saturated carbocycles. The maximum Gasteiger partial charge on any atom is 0.264 e. The van der Waals surface area contributed by atoms with Gasteiger partial charge in [-0.05, 0) is 19.1 Å². The van der Waals surface area contributed by atoms with Crippen molar-refractivity contribution in [1.82, 2.24) is 30.0 Å². The summed E-state index contributed by atoms with van der Waals surface area (Å²) in [6.45, 7) is 7.41. The molecular formula is C25H27N7O3S. The van der Waals surface area contributed by atoms with E-state index in [0.717, 1.165) is 45.6 Å². The Morgan fingerprint density at radius 1 is 1.08 bits per heavy atom. The first-order valence-corrected chi connectivity index (χ1v) is 13.0. The SMILES string of the molecule is CC(=O)CN1CCN(C(=O)c2cc3nc(-c4cccc5[nH]ncc45)nc(N4CCOCC4)c3s2)CC1. The summed E-state index contributed by atoms with van der Waals surface area (Å²) in [5, 5.41) is 8.15. The Morgan fingerprint density at radius 2 is 1.89 bits per heavy atom. The standard InChI is InChI=1S/C25H27N7O3S/c1-16(33)15-30-5-7-32(8-6-30)25(34)21-13-20-22(36-21)24(31-9-11-35-12-10-31)28-23(27-20)17-3-2-4-19-18(17)14-26-29-19/h2-4,13-14H,5-12,15H2,1H3,(H,26,29). The van der Waals surface area contributed by atoms with Crippen LogP contribution in [-0.4, -0.2) is 101 Å². The number of morpholine rings is 1. The first kappa shape index (κ1) is 23.0. The number of carbonyl (C=O) groups is 2. The van der Waals surface area contributed by atoms with Crippen molar-refractivity contribution in [3.63, 3.8) is 0 Å². The number of hydrogen-bond acceptors (Lipinski definition) is 9. The maximum atomic E-state index is 13.4. The molecule has 2 aliphatic rings. The molecule has 186 valence electrons. The number of benzene rings is 1. The van der Waals surface area contributed by atoms with E-state index in [1.54, 1.807) is 13.1 Å². The Balaban J connectivity index is 1.37. The second-order valence-corrected chi connectivity index (χ2v) is 10.3. The van der Waals surface area contributed by atoms with Gasteiger partial charge in [0, 0.05) is 50.2 Å². The number of anilines is 1. The van der Waals surface area contributed by atoms with Crippen LogP contribution in [0.25, 0.3) is 32.5 Å². The first-order valence-electron chi connectivity index (χ1n) is 12.1. The Kier molecular flexibility index (Phi) is 6.12. The molecule has 4 aromatic rings. The highest BCUT2D eigenvalue weighted by Crippen LogP contribution is 2.36. The van der Waals surface area contributed by atoms with Crippen molar-refractivity contribution in [2.75, 3.05) is 63.9 Å². The molecule has 0 unspecified atom stereocenters. The van der Waals surface area contributed by atoms with E-state index in [0.29, 0.717) is 56.6 Å². The Hall–Kier alpha value is -3.41. The van der Waals surface area contributed by atoms with Gasteiger partial charge in [0.15, 0.2) is 11.6 Å². The van der Waals surface area contributed by atoms with Crippen molar-refractivity contribution in [2.24, 2.45) is 0 Å². The number of Topliss-reactive ketones (excluding diaryl/α,β-unsaturated/α-hetero) is 1. The smallest absolute Gasteiger partial charge is 0.264 e. The van der Waals surface area contributed by atoms with Crippen molar-refractivity contribution in [3.8, 4) is 11.4 Å². The highest BCUT2D eigenvalue weighted by Gasteiger charge is 2.26. The molecule has 1 amide bonds. The number of thiophene rings is 1. The second kappa shape index (κ2) is 9.57. The number of fused-ring (bicyclic) bond motifs is 2. The van der Waals surface area contributed by atoms with Crippen molar-refractivity contribution in [2.45, 2.75) is 6.92 Å². The van der Waals surface area contributed by atoms with Crippen LogP contribution in [0.3, 0.4) is 0 Å². The number of rotatable bonds is 5. The van der Waals surface area contributed by atoms with Gasteiger partial charge < -0.3 is 14.5 Å². The summed E-state index contributed by atoms with van der Waals surface area (Å²) in [7, 11) is 0. The van der Waals surface area contributed by atoms with Gasteiger partial charge >= 0.3 is 0 Å². The molecule has 2 aliphatic heterocycles. The molecule has 11 heteroatoms. The zero-order valence-electron chi connectivity index (χ0n) is 20.1. The molecule has 0 spiro atoms. The van der Waals surface area contributed by atoms with E-state index in [4.69, 9.17) is 14.7 Å². The minimum atomic E-state index is 0.00638. The van der Waals surface area contributed by atoms with Crippen LogP contribution in [0.1, 0.15) is 16.6 Å². The minimum absolute atomic E-state index is 0.00638. The Bertz CT molecular complexity index is 1430. The van der Waals surface area contributed by atoms with Crippen LogP contribution >= 0.6 is 11.3 Å². The van der Waals surface area contributed by atoms with E-state index in [1.807, 2.05) is 29.2 Å². The molecule has 1 N–H and O–H groups in total.